The summed E-state index contributed by atoms with van der Waals surface area (Å²) in [5.74, 6) is -2.47. The lowest BCUT2D eigenvalue weighted by atomic mass is 10.3. The molecule has 0 aliphatic carbocycles. The van der Waals surface area contributed by atoms with Crippen LogP contribution in [0.4, 0.5) is 14.5 Å². The number of aromatic nitrogens is 2. The quantitative estimate of drug-likeness (QED) is 0.411. The van der Waals surface area contributed by atoms with E-state index in [1.54, 1.807) is 0 Å². The Bertz CT molecular complexity index is 1320. The number of halogens is 2. The minimum atomic E-state index is -4.18. The van der Waals surface area contributed by atoms with Crippen molar-refractivity contribution in [1.29, 1.82) is 0 Å². The van der Waals surface area contributed by atoms with Crippen LogP contribution in [0.3, 0.4) is 0 Å². The van der Waals surface area contributed by atoms with Crippen LogP contribution in [0.5, 0.6) is 0 Å². The predicted molar refractivity (Wildman–Crippen MR) is 111 cm³/mol. The highest BCUT2D eigenvalue weighted by molar-refractivity contribution is 7.89. The molecule has 2 heterocycles. The molecule has 33 heavy (non-hydrogen) atoms. The number of rotatable bonds is 5. The van der Waals surface area contributed by atoms with Crippen molar-refractivity contribution in [2.75, 3.05) is 26.2 Å². The summed E-state index contributed by atoms with van der Waals surface area (Å²) in [7, 11) is -4.18. The molecule has 1 aliphatic heterocycles. The first-order valence-corrected chi connectivity index (χ1v) is 11.2. The number of nitro groups is 1. The molecule has 3 aromatic rings. The summed E-state index contributed by atoms with van der Waals surface area (Å²) in [6, 6.07) is 9.38. The fourth-order valence-electron chi connectivity index (χ4n) is 3.43. The number of nitro benzene ring substituents is 1. The molecule has 1 fully saturated rings. The van der Waals surface area contributed by atoms with E-state index >= 15 is 0 Å². The summed E-state index contributed by atoms with van der Waals surface area (Å²) < 4.78 is 54.9. The Morgan fingerprint density at radius 3 is 2.27 bits per heavy atom. The molecule has 0 bridgehead atoms. The van der Waals surface area contributed by atoms with Crippen molar-refractivity contribution in [3.05, 3.63) is 82.2 Å². The molecule has 1 aliphatic rings. The van der Waals surface area contributed by atoms with Crippen LogP contribution >= 0.6 is 0 Å². The van der Waals surface area contributed by atoms with E-state index in [-0.39, 0.29) is 37.6 Å². The molecule has 0 saturated carbocycles. The first-order chi connectivity index (χ1) is 15.7. The fourth-order valence-corrected chi connectivity index (χ4v) is 4.89. The second kappa shape index (κ2) is 8.67. The van der Waals surface area contributed by atoms with Crippen molar-refractivity contribution >= 4 is 21.6 Å². The SMILES string of the molecule is O=C(c1ccn(-c2ccc([N+](=O)[O-])cc2)n1)N1CCN(S(=O)(=O)c2ccc(F)cc2F)CC1. The maximum atomic E-state index is 14.0. The van der Waals surface area contributed by atoms with E-state index in [4.69, 9.17) is 0 Å². The standard InChI is InChI=1S/C20H17F2N5O5S/c21-14-1-6-19(17(22)13-14)33(31,32)25-11-9-24(10-12-25)20(28)18-7-8-26(23-18)15-2-4-16(5-3-15)27(29)30/h1-8,13H,9-12H2. The Hall–Kier alpha value is -3.71. The first-order valence-electron chi connectivity index (χ1n) is 9.72. The van der Waals surface area contributed by atoms with Crippen molar-refractivity contribution in [3.63, 3.8) is 0 Å². The topological polar surface area (TPSA) is 119 Å². The zero-order chi connectivity index (χ0) is 23.8. The third kappa shape index (κ3) is 4.45. The van der Waals surface area contributed by atoms with E-state index < -0.39 is 37.4 Å². The van der Waals surface area contributed by atoms with Gasteiger partial charge in [-0.1, -0.05) is 0 Å². The molecular weight excluding hydrogens is 460 g/mol. The Morgan fingerprint density at radius 2 is 1.67 bits per heavy atom. The predicted octanol–water partition coefficient (Wildman–Crippen LogP) is 2.21. The number of hydrogen-bond acceptors (Lipinski definition) is 6. The van der Waals surface area contributed by atoms with Gasteiger partial charge in [0.05, 0.1) is 10.6 Å². The Kier molecular flexibility index (Phi) is 5.91. The molecule has 4 rings (SSSR count). The third-order valence-corrected chi connectivity index (χ3v) is 7.10. The number of carbonyl (C=O) groups is 1. The van der Waals surface area contributed by atoms with E-state index in [1.165, 1.54) is 46.1 Å². The number of carbonyl (C=O) groups excluding carboxylic acids is 1. The van der Waals surface area contributed by atoms with Gasteiger partial charge in [-0.25, -0.2) is 21.9 Å². The molecule has 0 atom stereocenters. The molecule has 0 spiro atoms. The van der Waals surface area contributed by atoms with Gasteiger partial charge in [-0.05, 0) is 30.3 Å². The molecule has 1 amide bonds. The van der Waals surface area contributed by atoms with Crippen molar-refractivity contribution in [1.82, 2.24) is 19.0 Å². The molecule has 0 N–H and O–H groups in total. The molecule has 0 unspecified atom stereocenters. The number of hydrogen-bond donors (Lipinski definition) is 0. The Balaban J connectivity index is 1.43. The summed E-state index contributed by atoms with van der Waals surface area (Å²) in [4.78, 5) is 23.9. The Morgan fingerprint density at radius 1 is 1.00 bits per heavy atom. The highest BCUT2D eigenvalue weighted by Crippen LogP contribution is 2.22. The van der Waals surface area contributed by atoms with Crippen molar-refractivity contribution in [3.8, 4) is 5.69 Å². The van der Waals surface area contributed by atoms with E-state index in [9.17, 15) is 32.1 Å². The van der Waals surface area contributed by atoms with E-state index in [0.717, 1.165) is 16.4 Å². The lowest BCUT2D eigenvalue weighted by Gasteiger charge is -2.33. The Labute approximate surface area is 186 Å². The summed E-state index contributed by atoms with van der Waals surface area (Å²) in [5, 5.41) is 15.0. The molecule has 172 valence electrons. The molecule has 10 nitrogen and oxygen atoms in total. The average molecular weight is 477 g/mol. The largest absolute Gasteiger partial charge is 0.335 e. The maximum Gasteiger partial charge on any atom is 0.274 e. The summed E-state index contributed by atoms with van der Waals surface area (Å²) >= 11 is 0. The zero-order valence-corrected chi connectivity index (χ0v) is 17.8. The number of sulfonamides is 1. The van der Waals surface area contributed by atoms with Crippen LogP contribution in [-0.4, -0.2) is 64.4 Å². The van der Waals surface area contributed by atoms with Crippen LogP contribution in [0.1, 0.15) is 10.5 Å². The number of nitrogens with zero attached hydrogens (tertiary/aromatic N) is 5. The van der Waals surface area contributed by atoms with Gasteiger partial charge in [0.15, 0.2) is 5.69 Å². The van der Waals surface area contributed by atoms with Crippen LogP contribution in [0, 0.1) is 21.7 Å². The summed E-state index contributed by atoms with van der Waals surface area (Å²) in [6.07, 6.45) is 1.53. The first kappa shape index (κ1) is 22.5. The zero-order valence-electron chi connectivity index (χ0n) is 17.0. The smallest absolute Gasteiger partial charge is 0.274 e. The van der Waals surface area contributed by atoms with Gasteiger partial charge in [0.25, 0.3) is 11.6 Å². The summed E-state index contributed by atoms with van der Waals surface area (Å²) in [5.41, 5.74) is 0.571. The van der Waals surface area contributed by atoms with Crippen LogP contribution in [0.2, 0.25) is 0 Å². The lowest BCUT2D eigenvalue weighted by Crippen LogP contribution is -2.50. The highest BCUT2D eigenvalue weighted by atomic mass is 32.2. The van der Waals surface area contributed by atoms with Gasteiger partial charge in [0, 0.05) is 50.6 Å². The number of non-ortho nitro benzene ring substituents is 1. The molecule has 13 heteroatoms. The number of piperazine rings is 1. The number of amides is 1. The van der Waals surface area contributed by atoms with Gasteiger partial charge in [-0.2, -0.15) is 9.40 Å². The van der Waals surface area contributed by atoms with Gasteiger partial charge < -0.3 is 4.90 Å². The molecule has 2 aromatic carbocycles. The van der Waals surface area contributed by atoms with Gasteiger partial charge in [-0.15, -0.1) is 0 Å². The number of benzene rings is 2. The lowest BCUT2D eigenvalue weighted by molar-refractivity contribution is -0.384. The monoisotopic (exact) mass is 477 g/mol. The van der Waals surface area contributed by atoms with Crippen molar-refractivity contribution in [2.24, 2.45) is 0 Å². The highest BCUT2D eigenvalue weighted by Gasteiger charge is 2.32. The van der Waals surface area contributed by atoms with Gasteiger partial charge in [0.1, 0.15) is 16.5 Å². The maximum absolute atomic E-state index is 14.0. The van der Waals surface area contributed by atoms with Gasteiger partial charge in [0.2, 0.25) is 10.0 Å². The van der Waals surface area contributed by atoms with Crippen molar-refractivity contribution in [2.45, 2.75) is 4.90 Å². The minimum absolute atomic E-state index is 0.0608. The molecule has 1 aromatic heterocycles. The average Bonchev–Trinajstić information content (AvgIpc) is 3.29. The van der Waals surface area contributed by atoms with Crippen LogP contribution in [0.15, 0.2) is 59.6 Å². The van der Waals surface area contributed by atoms with Gasteiger partial charge >= 0.3 is 0 Å². The van der Waals surface area contributed by atoms with Crippen LogP contribution < -0.4 is 0 Å². The summed E-state index contributed by atoms with van der Waals surface area (Å²) in [6.45, 7) is -0.00155. The van der Waals surface area contributed by atoms with E-state index in [0.29, 0.717) is 11.8 Å². The second-order valence-electron chi connectivity index (χ2n) is 7.19. The molecular formula is C20H17F2N5O5S. The molecule has 0 radical (unpaired) electrons. The van der Waals surface area contributed by atoms with Gasteiger partial charge in [-0.3, -0.25) is 14.9 Å². The molecule has 1 saturated heterocycles. The minimum Gasteiger partial charge on any atom is -0.335 e. The van der Waals surface area contributed by atoms with Crippen LogP contribution in [0.25, 0.3) is 5.69 Å². The second-order valence-corrected chi connectivity index (χ2v) is 9.10. The van der Waals surface area contributed by atoms with Crippen LogP contribution in [-0.2, 0) is 10.0 Å². The van der Waals surface area contributed by atoms with E-state index in [2.05, 4.69) is 5.10 Å². The normalized spacial score (nSPS) is 14.9. The fraction of sp³-hybridized carbons (Fsp3) is 0.200. The third-order valence-electron chi connectivity index (χ3n) is 5.17. The van der Waals surface area contributed by atoms with Crippen molar-refractivity contribution < 1.29 is 26.9 Å². The van der Waals surface area contributed by atoms with E-state index in [1.807, 2.05) is 0 Å².